The molecule has 2 amide bonds. The van der Waals surface area contributed by atoms with E-state index in [1.165, 1.54) is 38.5 Å². The Morgan fingerprint density at radius 3 is 2.14 bits per heavy atom. The highest BCUT2D eigenvalue weighted by atomic mass is 32.2. The molecule has 1 heterocycles. The van der Waals surface area contributed by atoms with Gasteiger partial charge in [-0.05, 0) is 81.5 Å². The van der Waals surface area contributed by atoms with Crippen LogP contribution in [-0.2, 0) is 10.0 Å². The zero-order valence-electron chi connectivity index (χ0n) is 17.3. The molecule has 0 unspecified atom stereocenters. The number of hydrogen-bond donors (Lipinski definition) is 2. The maximum Gasteiger partial charge on any atom is 0.315 e. The number of nitrogens with zero attached hydrogens (tertiary/aromatic N) is 1. The topological polar surface area (TPSA) is 78.5 Å². The Morgan fingerprint density at radius 2 is 1.61 bits per heavy atom. The van der Waals surface area contributed by atoms with E-state index in [0.29, 0.717) is 25.6 Å². The normalized spacial score (nSPS) is 35.8. The molecule has 1 aliphatic heterocycles. The maximum absolute atomic E-state index is 12.6. The molecule has 6 nitrogen and oxygen atoms in total. The van der Waals surface area contributed by atoms with E-state index in [4.69, 9.17) is 0 Å². The van der Waals surface area contributed by atoms with Gasteiger partial charge in [-0.1, -0.05) is 13.3 Å². The number of rotatable bonds is 7. The molecule has 2 N–H and O–H groups in total. The average Bonchev–Trinajstić information content (AvgIpc) is 2.63. The van der Waals surface area contributed by atoms with Crippen molar-refractivity contribution in [2.24, 2.45) is 23.7 Å². The first-order valence-corrected chi connectivity index (χ1v) is 13.0. The largest absolute Gasteiger partial charge is 0.338 e. The lowest BCUT2D eigenvalue weighted by Crippen LogP contribution is -2.61. The van der Waals surface area contributed by atoms with E-state index in [2.05, 4.69) is 10.6 Å². The van der Waals surface area contributed by atoms with E-state index >= 15 is 0 Å². The summed E-state index contributed by atoms with van der Waals surface area (Å²) in [4.78, 5) is 12.6. The minimum atomic E-state index is -3.10. The molecule has 0 atom stereocenters. The van der Waals surface area contributed by atoms with Crippen molar-refractivity contribution in [3.8, 4) is 0 Å². The van der Waals surface area contributed by atoms with Gasteiger partial charge in [-0.25, -0.2) is 17.5 Å². The Kier molecular flexibility index (Phi) is 5.94. The van der Waals surface area contributed by atoms with Gasteiger partial charge in [-0.3, -0.25) is 0 Å². The summed E-state index contributed by atoms with van der Waals surface area (Å²) in [5, 5.41) is 6.46. The van der Waals surface area contributed by atoms with Crippen molar-refractivity contribution < 1.29 is 13.2 Å². The van der Waals surface area contributed by atoms with Crippen LogP contribution in [0.5, 0.6) is 0 Å². The minimum Gasteiger partial charge on any atom is -0.338 e. The number of hydrogen-bond acceptors (Lipinski definition) is 3. The Hall–Kier alpha value is -0.820. The number of carbonyl (C=O) groups excluding carboxylic acids is 1. The smallest absolute Gasteiger partial charge is 0.315 e. The molecule has 160 valence electrons. The van der Waals surface area contributed by atoms with Gasteiger partial charge in [0.05, 0.1) is 5.75 Å². The van der Waals surface area contributed by atoms with Crippen LogP contribution in [0.1, 0.15) is 71.1 Å². The fourth-order valence-electron chi connectivity index (χ4n) is 6.63. The second-order valence-electron chi connectivity index (χ2n) is 10.0. The monoisotopic (exact) mass is 411 g/mol. The van der Waals surface area contributed by atoms with Crippen LogP contribution in [0.15, 0.2) is 0 Å². The number of sulfonamides is 1. The second kappa shape index (κ2) is 8.13. The van der Waals surface area contributed by atoms with Crippen molar-refractivity contribution in [2.45, 2.75) is 76.7 Å². The van der Waals surface area contributed by atoms with Crippen LogP contribution in [-0.4, -0.2) is 49.7 Å². The highest BCUT2D eigenvalue weighted by Gasteiger charge is 2.51. The first-order valence-electron chi connectivity index (χ1n) is 11.4. The predicted molar refractivity (Wildman–Crippen MR) is 110 cm³/mol. The van der Waals surface area contributed by atoms with Crippen molar-refractivity contribution in [2.75, 3.05) is 25.4 Å². The molecule has 0 spiro atoms. The molecule has 4 aliphatic carbocycles. The van der Waals surface area contributed by atoms with Crippen LogP contribution in [0, 0.1) is 23.7 Å². The first-order chi connectivity index (χ1) is 13.4. The molecular weight excluding hydrogens is 374 g/mol. The standard InChI is InChI=1S/C21H37N3O3S/c1-2-3-8-28(26,27)24-6-4-16(5-7-24)15-22-20(25)23-21-12-17-9-18(13-21)11-19(10-17)14-21/h16-19H,2-15H2,1H3,(H2,22,23,25). The molecular formula is C21H37N3O3S. The third kappa shape index (κ3) is 4.50. The number of nitrogens with one attached hydrogen (secondary N) is 2. The molecule has 4 saturated carbocycles. The van der Waals surface area contributed by atoms with Crippen LogP contribution >= 0.6 is 0 Å². The van der Waals surface area contributed by atoms with E-state index in [9.17, 15) is 13.2 Å². The average molecular weight is 412 g/mol. The van der Waals surface area contributed by atoms with Crippen molar-refractivity contribution in [3.63, 3.8) is 0 Å². The Balaban J connectivity index is 1.20. The molecule has 7 heteroatoms. The summed E-state index contributed by atoms with van der Waals surface area (Å²) in [6.07, 6.45) is 10.9. The van der Waals surface area contributed by atoms with Gasteiger partial charge >= 0.3 is 6.03 Å². The van der Waals surface area contributed by atoms with Gasteiger partial charge in [0.15, 0.2) is 0 Å². The Bertz CT molecular complexity index is 635. The summed E-state index contributed by atoms with van der Waals surface area (Å²) in [5.41, 5.74) is 0.0511. The maximum atomic E-state index is 12.6. The first kappa shape index (κ1) is 20.5. The van der Waals surface area contributed by atoms with Gasteiger partial charge in [0.1, 0.15) is 0 Å². The second-order valence-corrected chi connectivity index (χ2v) is 12.1. The van der Waals surface area contributed by atoms with E-state index < -0.39 is 10.0 Å². The lowest BCUT2D eigenvalue weighted by atomic mass is 9.53. The molecule has 1 saturated heterocycles. The van der Waals surface area contributed by atoms with Crippen molar-refractivity contribution >= 4 is 16.1 Å². The fourth-order valence-corrected chi connectivity index (χ4v) is 8.31. The zero-order chi connectivity index (χ0) is 19.8. The zero-order valence-corrected chi connectivity index (χ0v) is 18.1. The van der Waals surface area contributed by atoms with Crippen molar-refractivity contribution in [1.29, 1.82) is 0 Å². The van der Waals surface area contributed by atoms with Gasteiger partial charge in [0.2, 0.25) is 10.0 Å². The summed E-state index contributed by atoms with van der Waals surface area (Å²) >= 11 is 0. The molecule has 5 fully saturated rings. The number of urea groups is 1. The van der Waals surface area contributed by atoms with E-state index in [0.717, 1.165) is 43.4 Å². The fraction of sp³-hybridized carbons (Fsp3) is 0.952. The summed E-state index contributed by atoms with van der Waals surface area (Å²) in [6.45, 7) is 3.85. The van der Waals surface area contributed by atoms with Gasteiger partial charge in [-0.2, -0.15) is 0 Å². The van der Waals surface area contributed by atoms with Gasteiger partial charge < -0.3 is 10.6 Å². The van der Waals surface area contributed by atoms with Crippen molar-refractivity contribution in [1.82, 2.24) is 14.9 Å². The summed E-state index contributed by atoms with van der Waals surface area (Å²) in [6, 6.07) is -0.0139. The van der Waals surface area contributed by atoms with Crippen LogP contribution in [0.4, 0.5) is 4.79 Å². The minimum absolute atomic E-state index is 0.0139. The predicted octanol–water partition coefficient (Wildman–Crippen LogP) is 3.10. The van der Waals surface area contributed by atoms with Gasteiger partial charge in [0.25, 0.3) is 0 Å². The lowest BCUT2D eigenvalue weighted by molar-refractivity contribution is -0.0135. The number of carbonyl (C=O) groups is 1. The summed E-state index contributed by atoms with van der Waals surface area (Å²) < 4.78 is 26.3. The molecule has 0 aromatic carbocycles. The molecule has 28 heavy (non-hydrogen) atoms. The quantitative estimate of drug-likeness (QED) is 0.676. The van der Waals surface area contributed by atoms with Crippen LogP contribution in [0.2, 0.25) is 0 Å². The molecule has 5 rings (SSSR count). The van der Waals surface area contributed by atoms with Crippen LogP contribution in [0.3, 0.4) is 0 Å². The van der Waals surface area contributed by atoms with E-state index in [1.54, 1.807) is 4.31 Å². The van der Waals surface area contributed by atoms with Gasteiger partial charge in [0, 0.05) is 25.2 Å². The highest BCUT2D eigenvalue weighted by molar-refractivity contribution is 7.89. The van der Waals surface area contributed by atoms with E-state index in [1.807, 2.05) is 6.92 Å². The summed E-state index contributed by atoms with van der Waals surface area (Å²) in [5.74, 6) is 3.11. The van der Waals surface area contributed by atoms with E-state index in [-0.39, 0.29) is 17.3 Å². The SMILES string of the molecule is CCCCS(=O)(=O)N1CCC(CNC(=O)NC23CC4CC(CC(C4)C2)C3)CC1. The molecule has 4 bridgehead atoms. The Morgan fingerprint density at radius 1 is 1.04 bits per heavy atom. The summed E-state index contributed by atoms with van der Waals surface area (Å²) in [7, 11) is -3.10. The molecule has 5 aliphatic rings. The van der Waals surface area contributed by atoms with Crippen LogP contribution in [0.25, 0.3) is 0 Å². The number of piperidine rings is 1. The van der Waals surface area contributed by atoms with Crippen molar-refractivity contribution in [3.05, 3.63) is 0 Å². The third-order valence-corrected chi connectivity index (χ3v) is 9.65. The molecule has 0 aromatic rings. The number of amides is 2. The molecule has 0 radical (unpaired) electrons. The Labute approximate surface area is 170 Å². The third-order valence-electron chi connectivity index (χ3n) is 7.69. The molecule has 0 aromatic heterocycles. The highest BCUT2D eigenvalue weighted by Crippen LogP contribution is 2.55. The number of unbranched alkanes of at least 4 members (excludes halogenated alkanes) is 1. The lowest BCUT2D eigenvalue weighted by Gasteiger charge is -2.56. The van der Waals surface area contributed by atoms with Gasteiger partial charge in [-0.15, -0.1) is 0 Å². The van der Waals surface area contributed by atoms with Crippen LogP contribution < -0.4 is 10.6 Å².